The molecule has 0 aliphatic carbocycles. The van der Waals surface area contributed by atoms with Crippen molar-refractivity contribution in [3.63, 3.8) is 0 Å². The van der Waals surface area contributed by atoms with Crippen molar-refractivity contribution in [2.45, 2.75) is 12.7 Å². The standard InChI is InChI=1S/C21H19F3N4O/c22-21(23,24)16-5-3-4-15(12-16)14-27-8-10-28(11-9-27)20(29)19-13-25-17-6-1-2-7-18(17)26-19/h1-7,12-13H,8-11,14H2. The molecule has 0 unspecified atom stereocenters. The summed E-state index contributed by atoms with van der Waals surface area (Å²) in [5.74, 6) is -0.179. The normalized spacial score (nSPS) is 15.6. The van der Waals surface area contributed by atoms with Crippen LogP contribution in [-0.4, -0.2) is 51.9 Å². The van der Waals surface area contributed by atoms with Gasteiger partial charge in [-0.05, 0) is 23.8 Å². The number of fused-ring (bicyclic) bond motifs is 1. The first kappa shape index (κ1) is 19.3. The summed E-state index contributed by atoms with van der Waals surface area (Å²) >= 11 is 0. The Bertz CT molecular complexity index is 1030. The number of hydrogen-bond donors (Lipinski definition) is 0. The van der Waals surface area contributed by atoms with E-state index < -0.39 is 11.7 Å². The molecular weight excluding hydrogens is 381 g/mol. The van der Waals surface area contributed by atoms with Gasteiger partial charge < -0.3 is 4.90 Å². The highest BCUT2D eigenvalue weighted by atomic mass is 19.4. The van der Waals surface area contributed by atoms with Crippen LogP contribution >= 0.6 is 0 Å². The van der Waals surface area contributed by atoms with Gasteiger partial charge >= 0.3 is 6.18 Å². The third-order valence-electron chi connectivity index (χ3n) is 4.99. The second-order valence-corrected chi connectivity index (χ2v) is 7.01. The molecule has 3 aromatic rings. The number of para-hydroxylation sites is 2. The molecule has 0 radical (unpaired) electrons. The number of aromatic nitrogens is 2. The van der Waals surface area contributed by atoms with Crippen LogP contribution in [-0.2, 0) is 12.7 Å². The highest BCUT2D eigenvalue weighted by Gasteiger charge is 2.30. The Morgan fingerprint density at radius 3 is 2.41 bits per heavy atom. The van der Waals surface area contributed by atoms with Gasteiger partial charge in [0.2, 0.25) is 0 Å². The van der Waals surface area contributed by atoms with E-state index in [1.54, 1.807) is 11.0 Å². The van der Waals surface area contributed by atoms with Gasteiger partial charge in [-0.25, -0.2) is 4.98 Å². The number of carbonyl (C=O) groups excluding carboxylic acids is 1. The fraction of sp³-hybridized carbons (Fsp3) is 0.286. The van der Waals surface area contributed by atoms with Crippen molar-refractivity contribution in [2.75, 3.05) is 26.2 Å². The van der Waals surface area contributed by atoms with Crippen molar-refractivity contribution >= 4 is 16.9 Å². The van der Waals surface area contributed by atoms with Crippen LogP contribution in [0.4, 0.5) is 13.2 Å². The topological polar surface area (TPSA) is 49.3 Å². The average molecular weight is 400 g/mol. The number of amides is 1. The van der Waals surface area contributed by atoms with E-state index in [2.05, 4.69) is 9.97 Å². The summed E-state index contributed by atoms with van der Waals surface area (Å²) in [5.41, 5.74) is 1.67. The van der Waals surface area contributed by atoms with E-state index in [0.29, 0.717) is 49.5 Å². The molecule has 5 nitrogen and oxygen atoms in total. The number of hydrogen-bond acceptors (Lipinski definition) is 4. The van der Waals surface area contributed by atoms with Crippen LogP contribution in [0.15, 0.2) is 54.7 Å². The Morgan fingerprint density at radius 1 is 0.966 bits per heavy atom. The molecule has 29 heavy (non-hydrogen) atoms. The maximum absolute atomic E-state index is 12.9. The minimum Gasteiger partial charge on any atom is -0.335 e. The summed E-state index contributed by atoms with van der Waals surface area (Å²) < 4.78 is 38.6. The van der Waals surface area contributed by atoms with E-state index in [1.807, 2.05) is 29.2 Å². The molecule has 1 fully saturated rings. The van der Waals surface area contributed by atoms with Gasteiger partial charge in [0.25, 0.3) is 5.91 Å². The number of halogens is 3. The Kier molecular flexibility index (Phi) is 5.19. The molecule has 1 saturated heterocycles. The van der Waals surface area contributed by atoms with Gasteiger partial charge in [0.1, 0.15) is 5.69 Å². The van der Waals surface area contributed by atoms with Crippen LogP contribution < -0.4 is 0 Å². The fourth-order valence-corrected chi connectivity index (χ4v) is 3.44. The van der Waals surface area contributed by atoms with Gasteiger partial charge in [0.15, 0.2) is 0 Å². The molecular formula is C21H19F3N4O. The van der Waals surface area contributed by atoms with Crippen LogP contribution in [0.1, 0.15) is 21.6 Å². The van der Waals surface area contributed by atoms with Crippen LogP contribution in [0.3, 0.4) is 0 Å². The lowest BCUT2D eigenvalue weighted by Gasteiger charge is -2.34. The summed E-state index contributed by atoms with van der Waals surface area (Å²) in [6.07, 6.45) is -2.86. The molecule has 0 N–H and O–H groups in total. The van der Waals surface area contributed by atoms with E-state index in [0.717, 1.165) is 11.6 Å². The number of benzene rings is 2. The van der Waals surface area contributed by atoms with Gasteiger partial charge in [-0.1, -0.05) is 30.3 Å². The fourth-order valence-electron chi connectivity index (χ4n) is 3.44. The molecule has 1 aromatic heterocycles. The van der Waals surface area contributed by atoms with Gasteiger partial charge in [-0.2, -0.15) is 13.2 Å². The van der Waals surface area contributed by atoms with Crippen molar-refractivity contribution in [3.8, 4) is 0 Å². The number of rotatable bonds is 3. The molecule has 0 spiro atoms. The van der Waals surface area contributed by atoms with Crippen molar-refractivity contribution in [1.82, 2.24) is 19.8 Å². The zero-order chi connectivity index (χ0) is 20.4. The van der Waals surface area contributed by atoms with Crippen molar-refractivity contribution < 1.29 is 18.0 Å². The molecule has 4 rings (SSSR count). The SMILES string of the molecule is O=C(c1cnc2ccccc2n1)N1CCN(Cc2cccc(C(F)(F)F)c2)CC1. The quantitative estimate of drug-likeness (QED) is 0.674. The van der Waals surface area contributed by atoms with Gasteiger partial charge in [0, 0.05) is 32.7 Å². The lowest BCUT2D eigenvalue weighted by molar-refractivity contribution is -0.137. The smallest absolute Gasteiger partial charge is 0.335 e. The number of carbonyl (C=O) groups is 1. The molecule has 0 atom stereocenters. The molecule has 0 bridgehead atoms. The Hall–Kier alpha value is -3.00. The maximum Gasteiger partial charge on any atom is 0.416 e. The maximum atomic E-state index is 12.9. The predicted molar refractivity (Wildman–Crippen MR) is 102 cm³/mol. The second kappa shape index (κ2) is 7.79. The Morgan fingerprint density at radius 2 is 1.69 bits per heavy atom. The highest BCUT2D eigenvalue weighted by molar-refractivity contribution is 5.93. The summed E-state index contributed by atoms with van der Waals surface area (Å²) in [6.45, 7) is 2.58. The van der Waals surface area contributed by atoms with Crippen LogP contribution in [0, 0.1) is 0 Å². The number of alkyl halides is 3. The first-order chi connectivity index (χ1) is 13.9. The monoisotopic (exact) mass is 400 g/mol. The van der Waals surface area contributed by atoms with Gasteiger partial charge in [-0.3, -0.25) is 14.7 Å². The predicted octanol–water partition coefficient (Wildman–Crippen LogP) is 3.61. The van der Waals surface area contributed by atoms with Crippen LogP contribution in [0.2, 0.25) is 0 Å². The minimum atomic E-state index is -4.35. The van der Waals surface area contributed by atoms with Crippen molar-refractivity contribution in [2.24, 2.45) is 0 Å². The molecule has 1 amide bonds. The van der Waals surface area contributed by atoms with E-state index in [1.165, 1.54) is 18.3 Å². The van der Waals surface area contributed by atoms with Crippen LogP contribution in [0.5, 0.6) is 0 Å². The van der Waals surface area contributed by atoms with E-state index in [9.17, 15) is 18.0 Å². The molecule has 0 saturated carbocycles. The Labute approximate surface area is 165 Å². The lowest BCUT2D eigenvalue weighted by atomic mass is 10.1. The molecule has 2 aromatic carbocycles. The summed E-state index contributed by atoms with van der Waals surface area (Å²) in [7, 11) is 0. The van der Waals surface area contributed by atoms with Gasteiger partial charge in [-0.15, -0.1) is 0 Å². The van der Waals surface area contributed by atoms with Crippen LogP contribution in [0.25, 0.3) is 11.0 Å². The molecule has 1 aliphatic rings. The third-order valence-corrected chi connectivity index (χ3v) is 4.99. The van der Waals surface area contributed by atoms with E-state index in [4.69, 9.17) is 0 Å². The highest BCUT2D eigenvalue weighted by Crippen LogP contribution is 2.29. The van der Waals surface area contributed by atoms with E-state index in [-0.39, 0.29) is 5.91 Å². The summed E-state index contributed by atoms with van der Waals surface area (Å²) in [4.78, 5) is 25.2. The van der Waals surface area contributed by atoms with Crippen molar-refractivity contribution in [1.29, 1.82) is 0 Å². The lowest BCUT2D eigenvalue weighted by Crippen LogP contribution is -2.48. The zero-order valence-corrected chi connectivity index (χ0v) is 15.6. The largest absolute Gasteiger partial charge is 0.416 e. The number of nitrogens with zero attached hydrogens (tertiary/aromatic N) is 4. The van der Waals surface area contributed by atoms with Crippen molar-refractivity contribution in [3.05, 3.63) is 71.5 Å². The Balaban J connectivity index is 1.38. The second-order valence-electron chi connectivity index (χ2n) is 7.01. The summed E-state index contributed by atoms with van der Waals surface area (Å²) in [5, 5.41) is 0. The average Bonchev–Trinajstić information content (AvgIpc) is 2.73. The van der Waals surface area contributed by atoms with Gasteiger partial charge in [0.05, 0.1) is 22.8 Å². The minimum absolute atomic E-state index is 0.179. The first-order valence-electron chi connectivity index (χ1n) is 9.30. The molecule has 2 heterocycles. The number of piperazine rings is 1. The molecule has 150 valence electrons. The first-order valence-corrected chi connectivity index (χ1v) is 9.30. The zero-order valence-electron chi connectivity index (χ0n) is 15.6. The third kappa shape index (κ3) is 4.37. The summed E-state index contributed by atoms with van der Waals surface area (Å²) in [6, 6.07) is 12.7. The van der Waals surface area contributed by atoms with E-state index >= 15 is 0 Å². The molecule has 1 aliphatic heterocycles. The molecule has 8 heteroatoms.